The van der Waals surface area contributed by atoms with Crippen LogP contribution in [-0.4, -0.2) is 21.4 Å². The van der Waals surface area contributed by atoms with Crippen molar-refractivity contribution in [1.82, 2.24) is 4.57 Å². The van der Waals surface area contributed by atoms with Crippen molar-refractivity contribution in [3.63, 3.8) is 0 Å². The molecule has 0 saturated heterocycles. The van der Waals surface area contributed by atoms with Gasteiger partial charge < -0.3 is 14.4 Å². The van der Waals surface area contributed by atoms with Crippen molar-refractivity contribution < 1.29 is 19.4 Å². The minimum Gasteiger partial charge on any atom is -0.488 e. The van der Waals surface area contributed by atoms with E-state index < -0.39 is 5.97 Å². The third-order valence-electron chi connectivity index (χ3n) is 3.32. The van der Waals surface area contributed by atoms with E-state index in [-0.39, 0.29) is 18.1 Å². The summed E-state index contributed by atoms with van der Waals surface area (Å²) < 4.78 is 6.94. The second-order valence-corrected chi connectivity index (χ2v) is 4.96. The number of ether oxygens (including phenoxy) is 1. The SMILES string of the molecule is Cn1c(C(=O)O)cc2c1C(=O)c1ccc(Cl)cc1OC2. The fourth-order valence-corrected chi connectivity index (χ4v) is 2.53. The van der Waals surface area contributed by atoms with Gasteiger partial charge in [0.05, 0.1) is 11.3 Å². The highest BCUT2D eigenvalue weighted by Gasteiger charge is 2.28. The van der Waals surface area contributed by atoms with Gasteiger partial charge >= 0.3 is 5.97 Å². The van der Waals surface area contributed by atoms with Crippen molar-refractivity contribution in [3.05, 3.63) is 51.8 Å². The molecule has 1 aromatic carbocycles. The molecule has 3 rings (SSSR count). The number of carboxylic acids is 1. The molecule has 6 heteroatoms. The van der Waals surface area contributed by atoms with Crippen LogP contribution in [0.2, 0.25) is 5.02 Å². The first-order valence-corrected chi connectivity index (χ1v) is 6.25. The fourth-order valence-electron chi connectivity index (χ4n) is 2.37. The van der Waals surface area contributed by atoms with Crippen LogP contribution in [-0.2, 0) is 13.7 Å². The highest BCUT2D eigenvalue weighted by Crippen LogP contribution is 2.31. The number of benzene rings is 1. The Kier molecular flexibility index (Phi) is 2.79. The van der Waals surface area contributed by atoms with Crippen LogP contribution in [0, 0.1) is 0 Å². The van der Waals surface area contributed by atoms with Gasteiger partial charge in [-0.15, -0.1) is 0 Å². The Morgan fingerprint density at radius 3 is 2.85 bits per heavy atom. The molecule has 1 aliphatic heterocycles. The normalized spacial score (nSPS) is 13.2. The summed E-state index contributed by atoms with van der Waals surface area (Å²) in [6.45, 7) is 0.134. The standard InChI is InChI=1S/C14H10ClNO4/c1-16-10(14(18)19)4-7-6-20-11-5-8(15)2-3-9(11)13(17)12(7)16/h2-5H,6H2,1H3,(H,18,19). The average molecular weight is 292 g/mol. The Balaban J connectivity index is 2.21. The molecule has 5 nitrogen and oxygen atoms in total. The number of carboxylic acid groups (broad SMARTS) is 1. The van der Waals surface area contributed by atoms with Crippen molar-refractivity contribution in [2.45, 2.75) is 6.61 Å². The van der Waals surface area contributed by atoms with Gasteiger partial charge in [-0.05, 0) is 24.3 Å². The van der Waals surface area contributed by atoms with Gasteiger partial charge in [0.1, 0.15) is 18.1 Å². The summed E-state index contributed by atoms with van der Waals surface area (Å²) in [6.07, 6.45) is 0. The molecule has 2 heterocycles. The molecule has 0 bridgehead atoms. The lowest BCUT2D eigenvalue weighted by Gasteiger charge is -2.07. The molecule has 20 heavy (non-hydrogen) atoms. The Hall–Kier alpha value is -2.27. The molecule has 102 valence electrons. The molecule has 0 atom stereocenters. The Bertz CT molecular complexity index is 748. The minimum absolute atomic E-state index is 0.0596. The molecular weight excluding hydrogens is 282 g/mol. The van der Waals surface area contributed by atoms with E-state index in [0.717, 1.165) is 0 Å². The van der Waals surface area contributed by atoms with E-state index in [9.17, 15) is 9.59 Å². The maximum absolute atomic E-state index is 12.6. The predicted molar refractivity (Wildman–Crippen MR) is 71.6 cm³/mol. The summed E-state index contributed by atoms with van der Waals surface area (Å²) >= 11 is 5.89. The second kappa shape index (κ2) is 4.38. The third-order valence-corrected chi connectivity index (χ3v) is 3.55. The van der Waals surface area contributed by atoms with Crippen molar-refractivity contribution in [3.8, 4) is 5.75 Å². The summed E-state index contributed by atoms with van der Waals surface area (Å²) in [5.74, 6) is -0.931. The van der Waals surface area contributed by atoms with Gasteiger partial charge in [-0.1, -0.05) is 11.6 Å². The van der Waals surface area contributed by atoms with Crippen molar-refractivity contribution >= 4 is 23.4 Å². The molecule has 0 unspecified atom stereocenters. The first kappa shape index (κ1) is 12.7. The number of hydrogen-bond acceptors (Lipinski definition) is 3. The van der Waals surface area contributed by atoms with Crippen LogP contribution in [0.3, 0.4) is 0 Å². The largest absolute Gasteiger partial charge is 0.488 e. The highest BCUT2D eigenvalue weighted by molar-refractivity contribution is 6.31. The molecule has 2 aromatic rings. The van der Waals surface area contributed by atoms with Gasteiger partial charge in [0.15, 0.2) is 0 Å². The van der Waals surface area contributed by atoms with Crippen LogP contribution in [0.4, 0.5) is 0 Å². The Morgan fingerprint density at radius 2 is 2.15 bits per heavy atom. The molecule has 0 spiro atoms. The van der Waals surface area contributed by atoms with Crippen LogP contribution >= 0.6 is 11.6 Å². The highest BCUT2D eigenvalue weighted by atomic mass is 35.5. The quantitative estimate of drug-likeness (QED) is 0.876. The lowest BCUT2D eigenvalue weighted by molar-refractivity contribution is 0.0686. The maximum Gasteiger partial charge on any atom is 0.352 e. The number of ketones is 1. The Labute approximate surface area is 119 Å². The van der Waals surface area contributed by atoms with E-state index in [1.165, 1.54) is 10.6 Å². The molecule has 0 saturated carbocycles. The van der Waals surface area contributed by atoms with E-state index in [4.69, 9.17) is 21.4 Å². The summed E-state index contributed by atoms with van der Waals surface area (Å²) in [5, 5.41) is 9.59. The first-order chi connectivity index (χ1) is 9.49. The summed E-state index contributed by atoms with van der Waals surface area (Å²) in [6, 6.07) is 6.23. The van der Waals surface area contributed by atoms with E-state index in [2.05, 4.69) is 0 Å². The zero-order valence-corrected chi connectivity index (χ0v) is 11.3. The van der Waals surface area contributed by atoms with Crippen LogP contribution in [0.5, 0.6) is 5.75 Å². The monoisotopic (exact) mass is 291 g/mol. The van der Waals surface area contributed by atoms with Crippen molar-refractivity contribution in [2.24, 2.45) is 7.05 Å². The number of aromatic nitrogens is 1. The number of aromatic carboxylic acids is 1. The number of halogens is 1. The number of nitrogens with zero attached hydrogens (tertiary/aromatic N) is 1. The average Bonchev–Trinajstić information content (AvgIpc) is 2.65. The number of hydrogen-bond donors (Lipinski definition) is 1. The number of rotatable bonds is 1. The summed E-state index contributed by atoms with van der Waals surface area (Å²) in [7, 11) is 1.56. The maximum atomic E-state index is 12.6. The second-order valence-electron chi connectivity index (χ2n) is 4.53. The van der Waals surface area contributed by atoms with Crippen LogP contribution in [0.15, 0.2) is 24.3 Å². The van der Waals surface area contributed by atoms with E-state index in [0.29, 0.717) is 27.6 Å². The predicted octanol–water partition coefficient (Wildman–Crippen LogP) is 2.50. The number of fused-ring (bicyclic) bond motifs is 2. The lowest BCUT2D eigenvalue weighted by atomic mass is 10.1. The van der Waals surface area contributed by atoms with E-state index >= 15 is 0 Å². The number of carbonyl (C=O) groups excluding carboxylic acids is 1. The lowest BCUT2D eigenvalue weighted by Crippen LogP contribution is -2.12. The van der Waals surface area contributed by atoms with Gasteiger partial charge in [-0.3, -0.25) is 4.79 Å². The van der Waals surface area contributed by atoms with Gasteiger partial charge in [0.25, 0.3) is 0 Å². The van der Waals surface area contributed by atoms with Crippen molar-refractivity contribution in [2.75, 3.05) is 0 Å². The third kappa shape index (κ3) is 1.78. The van der Waals surface area contributed by atoms with Crippen LogP contribution < -0.4 is 4.74 Å². The molecule has 1 aromatic heterocycles. The molecule has 0 aliphatic carbocycles. The zero-order chi connectivity index (χ0) is 14.4. The van der Waals surface area contributed by atoms with Gasteiger partial charge in [0, 0.05) is 17.6 Å². The van der Waals surface area contributed by atoms with Gasteiger partial charge in [0.2, 0.25) is 5.78 Å². The summed E-state index contributed by atoms with van der Waals surface area (Å²) in [4.78, 5) is 23.7. The number of carbonyl (C=O) groups is 2. The molecule has 1 aliphatic rings. The molecule has 0 amide bonds. The van der Waals surface area contributed by atoms with E-state index in [1.807, 2.05) is 0 Å². The Morgan fingerprint density at radius 1 is 1.40 bits per heavy atom. The fraction of sp³-hybridized carbons (Fsp3) is 0.143. The molecule has 0 radical (unpaired) electrons. The first-order valence-electron chi connectivity index (χ1n) is 5.88. The molecule has 1 N–H and O–H groups in total. The molecule has 0 fully saturated rings. The minimum atomic E-state index is -1.08. The molecular formula is C14H10ClNO4. The topological polar surface area (TPSA) is 68.5 Å². The summed E-state index contributed by atoms with van der Waals surface area (Å²) in [5.41, 5.74) is 1.33. The van der Waals surface area contributed by atoms with Gasteiger partial charge in [-0.2, -0.15) is 0 Å². The van der Waals surface area contributed by atoms with Crippen molar-refractivity contribution in [1.29, 1.82) is 0 Å². The van der Waals surface area contributed by atoms with Gasteiger partial charge in [-0.25, -0.2) is 4.79 Å². The van der Waals surface area contributed by atoms with Crippen LogP contribution in [0.1, 0.15) is 32.1 Å². The smallest absolute Gasteiger partial charge is 0.352 e. The zero-order valence-electron chi connectivity index (χ0n) is 10.5. The van der Waals surface area contributed by atoms with E-state index in [1.54, 1.807) is 25.2 Å². The van der Waals surface area contributed by atoms with Crippen LogP contribution in [0.25, 0.3) is 0 Å².